The lowest BCUT2D eigenvalue weighted by molar-refractivity contribution is 0.0594. The van der Waals surface area contributed by atoms with E-state index in [2.05, 4.69) is 24.4 Å². The van der Waals surface area contributed by atoms with Gasteiger partial charge in [0.25, 0.3) is 0 Å². The van der Waals surface area contributed by atoms with E-state index in [1.807, 2.05) is 5.38 Å². The second kappa shape index (κ2) is 5.21. The van der Waals surface area contributed by atoms with Gasteiger partial charge >= 0.3 is 5.97 Å². The summed E-state index contributed by atoms with van der Waals surface area (Å²) in [5.74, 6) is -0.186. The lowest BCUT2D eigenvalue weighted by Gasteiger charge is -1.93. The van der Waals surface area contributed by atoms with E-state index in [0.717, 1.165) is 11.3 Å². The Hall–Kier alpha value is -2.55. The maximum absolute atomic E-state index is 11.3. The van der Waals surface area contributed by atoms with Crippen LogP contribution in [0, 0.1) is 0 Å². The van der Waals surface area contributed by atoms with Gasteiger partial charge in [0.1, 0.15) is 18.5 Å². The summed E-state index contributed by atoms with van der Waals surface area (Å²) in [4.78, 5) is 15.3. The second-order valence-electron chi connectivity index (χ2n) is 3.83. The summed E-state index contributed by atoms with van der Waals surface area (Å²) in [6.45, 7) is 0.279. The number of carbonyl (C=O) groups is 1. The van der Waals surface area contributed by atoms with Crippen LogP contribution in [0.4, 0.5) is 0 Å². The molecular formula is C11H9N5O3S. The molecule has 8 nitrogen and oxygen atoms in total. The lowest BCUT2D eigenvalue weighted by atomic mass is 10.3. The largest absolute Gasteiger partial charge is 0.464 e. The Labute approximate surface area is 117 Å². The third-order valence-corrected chi connectivity index (χ3v) is 3.10. The molecule has 0 aliphatic heterocycles. The Kier molecular flexibility index (Phi) is 3.25. The zero-order valence-corrected chi connectivity index (χ0v) is 11.2. The number of hydrogen-bond donors (Lipinski definition) is 0. The highest BCUT2D eigenvalue weighted by Gasteiger charge is 2.13. The molecule has 102 valence electrons. The van der Waals surface area contributed by atoms with Gasteiger partial charge in [-0.1, -0.05) is 5.21 Å². The summed E-state index contributed by atoms with van der Waals surface area (Å²) < 4.78 is 15.3. The molecule has 3 rings (SSSR count). The van der Waals surface area contributed by atoms with Crippen LogP contribution in [0.15, 0.2) is 28.5 Å². The predicted molar refractivity (Wildman–Crippen MR) is 68.1 cm³/mol. The Morgan fingerprint density at radius 3 is 3.20 bits per heavy atom. The molecule has 0 unspecified atom stereocenters. The van der Waals surface area contributed by atoms with E-state index >= 15 is 0 Å². The van der Waals surface area contributed by atoms with Gasteiger partial charge in [-0.05, 0) is 11.5 Å². The summed E-state index contributed by atoms with van der Waals surface area (Å²) >= 11 is 1.35. The third-order valence-electron chi connectivity index (χ3n) is 2.51. The molecule has 0 aliphatic rings. The number of aromatic nitrogens is 5. The SMILES string of the molecule is COC(=O)c1coc(Cn2cc(-c3cnsc3)nn2)n1. The number of rotatable bonds is 4. The quantitative estimate of drug-likeness (QED) is 0.667. The highest BCUT2D eigenvalue weighted by atomic mass is 32.1. The summed E-state index contributed by atoms with van der Waals surface area (Å²) in [7, 11) is 1.29. The molecule has 0 saturated carbocycles. The number of carbonyl (C=O) groups excluding carboxylic acids is 1. The minimum atomic E-state index is -0.538. The molecule has 20 heavy (non-hydrogen) atoms. The Bertz CT molecular complexity index is 718. The highest BCUT2D eigenvalue weighted by Crippen LogP contribution is 2.17. The first-order chi connectivity index (χ1) is 9.76. The van der Waals surface area contributed by atoms with Gasteiger partial charge in [0.15, 0.2) is 5.69 Å². The molecule has 3 heterocycles. The molecule has 9 heteroatoms. The van der Waals surface area contributed by atoms with Gasteiger partial charge in [-0.3, -0.25) is 0 Å². The molecule has 0 spiro atoms. The predicted octanol–water partition coefficient (Wildman–Crippen LogP) is 1.22. The third kappa shape index (κ3) is 2.43. The Balaban J connectivity index is 1.75. The van der Waals surface area contributed by atoms with Gasteiger partial charge in [-0.2, -0.15) is 0 Å². The van der Waals surface area contributed by atoms with E-state index in [1.165, 1.54) is 24.9 Å². The number of ether oxygens (including phenoxy) is 1. The monoisotopic (exact) mass is 291 g/mol. The molecule has 0 fully saturated rings. The van der Waals surface area contributed by atoms with Crippen LogP contribution in [-0.2, 0) is 11.3 Å². The zero-order chi connectivity index (χ0) is 13.9. The van der Waals surface area contributed by atoms with Crippen molar-refractivity contribution in [2.24, 2.45) is 0 Å². The van der Waals surface area contributed by atoms with Gasteiger partial charge in [0.05, 0.1) is 19.5 Å². The van der Waals surface area contributed by atoms with Crippen LogP contribution >= 0.6 is 11.5 Å². The number of oxazole rings is 1. The van der Waals surface area contributed by atoms with E-state index in [4.69, 9.17) is 4.42 Å². The normalized spacial score (nSPS) is 10.7. The molecule has 0 N–H and O–H groups in total. The Morgan fingerprint density at radius 2 is 2.45 bits per heavy atom. The summed E-state index contributed by atoms with van der Waals surface area (Å²) in [6.07, 6.45) is 4.73. The molecule has 3 aromatic rings. The Morgan fingerprint density at radius 1 is 1.55 bits per heavy atom. The van der Waals surface area contributed by atoms with Crippen molar-refractivity contribution < 1.29 is 13.9 Å². The van der Waals surface area contributed by atoms with Gasteiger partial charge in [-0.25, -0.2) is 18.8 Å². The van der Waals surface area contributed by atoms with Crippen LogP contribution in [0.25, 0.3) is 11.3 Å². The maximum atomic E-state index is 11.3. The van der Waals surface area contributed by atoms with E-state index in [9.17, 15) is 4.79 Å². The smallest absolute Gasteiger partial charge is 0.360 e. The van der Waals surface area contributed by atoms with Gasteiger partial charge < -0.3 is 9.15 Å². The standard InChI is InChI=1S/C11H9N5O3S/c1-18-11(17)9-5-19-10(13-9)4-16-3-8(14-15-16)7-2-12-20-6-7/h2-3,5-6H,4H2,1H3. The topological polar surface area (TPSA) is 95.9 Å². The van der Waals surface area contributed by atoms with E-state index in [-0.39, 0.29) is 12.2 Å². The van der Waals surface area contributed by atoms with Crippen molar-refractivity contribution in [1.82, 2.24) is 24.4 Å². The molecule has 0 aliphatic carbocycles. The van der Waals surface area contributed by atoms with E-state index < -0.39 is 5.97 Å². The van der Waals surface area contributed by atoms with E-state index in [1.54, 1.807) is 17.1 Å². The highest BCUT2D eigenvalue weighted by molar-refractivity contribution is 7.03. The summed E-state index contributed by atoms with van der Waals surface area (Å²) in [5, 5.41) is 9.88. The van der Waals surface area contributed by atoms with Gasteiger partial charge in [-0.15, -0.1) is 5.10 Å². The first-order valence-electron chi connectivity index (χ1n) is 5.59. The van der Waals surface area contributed by atoms with Crippen molar-refractivity contribution in [2.45, 2.75) is 6.54 Å². The molecule has 0 radical (unpaired) electrons. The van der Waals surface area contributed by atoms with Crippen LogP contribution in [0.3, 0.4) is 0 Å². The molecule has 0 bridgehead atoms. The first kappa shape index (κ1) is 12.5. The summed E-state index contributed by atoms with van der Waals surface area (Å²) in [5.41, 5.74) is 1.76. The molecule has 0 amide bonds. The van der Waals surface area contributed by atoms with Gasteiger partial charge in [0.2, 0.25) is 5.89 Å². The molecule has 0 atom stereocenters. The average Bonchev–Trinajstić information content (AvgIpc) is 3.19. The van der Waals surface area contributed by atoms with Crippen molar-refractivity contribution in [2.75, 3.05) is 7.11 Å². The lowest BCUT2D eigenvalue weighted by Crippen LogP contribution is -2.04. The van der Waals surface area contributed by atoms with Gasteiger partial charge in [0, 0.05) is 10.9 Å². The molecule has 3 aromatic heterocycles. The van der Waals surface area contributed by atoms with Crippen molar-refractivity contribution in [1.29, 1.82) is 0 Å². The fourth-order valence-corrected chi connectivity index (χ4v) is 2.09. The van der Waals surface area contributed by atoms with Crippen LogP contribution in [0.1, 0.15) is 16.4 Å². The number of hydrogen-bond acceptors (Lipinski definition) is 8. The number of esters is 1. The van der Waals surface area contributed by atoms with Crippen LogP contribution in [0.5, 0.6) is 0 Å². The first-order valence-corrected chi connectivity index (χ1v) is 6.42. The van der Waals surface area contributed by atoms with Crippen molar-refractivity contribution in [3.63, 3.8) is 0 Å². The van der Waals surface area contributed by atoms with Crippen LogP contribution in [0.2, 0.25) is 0 Å². The summed E-state index contributed by atoms with van der Waals surface area (Å²) in [6, 6.07) is 0. The average molecular weight is 291 g/mol. The molecule has 0 saturated heterocycles. The van der Waals surface area contributed by atoms with Crippen LogP contribution < -0.4 is 0 Å². The van der Waals surface area contributed by atoms with Crippen molar-refractivity contribution >= 4 is 17.5 Å². The fourth-order valence-electron chi connectivity index (χ4n) is 1.56. The second-order valence-corrected chi connectivity index (χ2v) is 4.49. The zero-order valence-electron chi connectivity index (χ0n) is 10.4. The van der Waals surface area contributed by atoms with Crippen molar-refractivity contribution in [3.05, 3.63) is 35.6 Å². The minimum absolute atomic E-state index is 0.130. The maximum Gasteiger partial charge on any atom is 0.360 e. The number of methoxy groups -OCH3 is 1. The molecule has 0 aromatic carbocycles. The fraction of sp³-hybridized carbons (Fsp3) is 0.182. The van der Waals surface area contributed by atoms with Crippen molar-refractivity contribution in [3.8, 4) is 11.3 Å². The van der Waals surface area contributed by atoms with E-state index in [0.29, 0.717) is 5.89 Å². The minimum Gasteiger partial charge on any atom is -0.464 e. The molecular weight excluding hydrogens is 282 g/mol. The number of nitrogens with zero attached hydrogens (tertiary/aromatic N) is 5. The van der Waals surface area contributed by atoms with Crippen LogP contribution in [-0.4, -0.2) is 37.4 Å².